The van der Waals surface area contributed by atoms with Gasteiger partial charge in [-0.05, 0) is 79.1 Å². The molecular formula is C30H28O5. The molecule has 35 heavy (non-hydrogen) atoms. The number of methoxy groups -OCH3 is 1. The Bertz CT molecular complexity index is 1260. The molecule has 5 nitrogen and oxygen atoms in total. The van der Waals surface area contributed by atoms with E-state index in [1.165, 1.54) is 11.1 Å². The maximum atomic E-state index is 13.1. The van der Waals surface area contributed by atoms with Gasteiger partial charge in [0, 0.05) is 11.8 Å². The van der Waals surface area contributed by atoms with Crippen LogP contribution in [0, 0.1) is 24.7 Å². The molecule has 0 amide bonds. The van der Waals surface area contributed by atoms with Crippen molar-refractivity contribution in [1.82, 2.24) is 0 Å². The summed E-state index contributed by atoms with van der Waals surface area (Å²) in [7, 11) is 1.59. The summed E-state index contributed by atoms with van der Waals surface area (Å²) in [4.78, 5) is 26.2. The van der Waals surface area contributed by atoms with Crippen LogP contribution in [0.2, 0.25) is 0 Å². The fourth-order valence-electron chi connectivity index (χ4n) is 6.57. The molecule has 0 heterocycles. The van der Waals surface area contributed by atoms with Gasteiger partial charge in [0.25, 0.3) is 0 Å². The molecule has 2 fully saturated rings. The molecule has 3 aromatic carbocycles. The summed E-state index contributed by atoms with van der Waals surface area (Å²) < 4.78 is 17.5. The van der Waals surface area contributed by atoms with E-state index in [9.17, 15) is 9.59 Å². The molecule has 6 rings (SSSR count). The second-order valence-corrected chi connectivity index (χ2v) is 9.99. The van der Waals surface area contributed by atoms with Gasteiger partial charge in [-0.3, -0.25) is 0 Å². The van der Waals surface area contributed by atoms with Crippen molar-refractivity contribution in [2.45, 2.75) is 37.9 Å². The SMILES string of the molecule is COc1ccc(C(=O)OC2C3CC(C2OC(=O)c2ccc(C)cc2)C2c4ccccc4CC32)cc1. The minimum absolute atomic E-state index is 0.136. The van der Waals surface area contributed by atoms with Crippen LogP contribution in [0.4, 0.5) is 0 Å². The van der Waals surface area contributed by atoms with E-state index in [1.54, 1.807) is 43.5 Å². The lowest BCUT2D eigenvalue weighted by atomic mass is 9.76. The number of aryl methyl sites for hydroxylation is 1. The molecule has 0 spiro atoms. The predicted molar refractivity (Wildman–Crippen MR) is 131 cm³/mol. The molecular weight excluding hydrogens is 440 g/mol. The van der Waals surface area contributed by atoms with Crippen molar-refractivity contribution in [3.8, 4) is 5.75 Å². The third-order valence-electron chi connectivity index (χ3n) is 8.15. The number of rotatable bonds is 5. The highest BCUT2D eigenvalue weighted by Crippen LogP contribution is 2.62. The molecule has 0 radical (unpaired) electrons. The molecule has 0 aromatic heterocycles. The van der Waals surface area contributed by atoms with Gasteiger partial charge in [0.05, 0.1) is 18.2 Å². The summed E-state index contributed by atoms with van der Waals surface area (Å²) in [5, 5.41) is 0. The van der Waals surface area contributed by atoms with Gasteiger partial charge < -0.3 is 14.2 Å². The average Bonchev–Trinajstić information content (AvgIpc) is 3.54. The number of fused-ring (bicyclic) bond motifs is 7. The third-order valence-corrected chi connectivity index (χ3v) is 8.15. The van der Waals surface area contributed by atoms with Crippen molar-refractivity contribution >= 4 is 11.9 Å². The normalized spacial score (nSPS) is 27.7. The van der Waals surface area contributed by atoms with Crippen LogP contribution < -0.4 is 4.74 Å². The van der Waals surface area contributed by atoms with Crippen molar-refractivity contribution in [1.29, 1.82) is 0 Å². The fourth-order valence-corrected chi connectivity index (χ4v) is 6.57. The van der Waals surface area contributed by atoms with E-state index < -0.39 is 18.2 Å². The van der Waals surface area contributed by atoms with Crippen LogP contribution in [0.1, 0.15) is 49.7 Å². The van der Waals surface area contributed by atoms with Crippen LogP contribution in [-0.4, -0.2) is 31.3 Å². The minimum atomic E-state index is -0.469. The summed E-state index contributed by atoms with van der Waals surface area (Å²) in [6.45, 7) is 1.98. The van der Waals surface area contributed by atoms with E-state index in [-0.39, 0.29) is 17.8 Å². The number of hydrogen-bond donors (Lipinski definition) is 0. The standard InChI is InChI=1S/C30H28O5/c1-17-7-9-18(10-8-17)29(31)35-28-25-16-24(23-15-20-5-3-4-6-22(20)26(23)25)27(28)34-30(32)19-11-13-21(33-2)14-12-19/h3-14,23-28H,15-16H2,1-2H3. The quantitative estimate of drug-likeness (QED) is 0.472. The van der Waals surface area contributed by atoms with Crippen molar-refractivity contribution < 1.29 is 23.8 Å². The number of esters is 2. The molecule has 3 aliphatic rings. The first-order valence-corrected chi connectivity index (χ1v) is 12.2. The van der Waals surface area contributed by atoms with Crippen molar-refractivity contribution in [2.24, 2.45) is 17.8 Å². The molecule has 178 valence electrons. The molecule has 6 unspecified atom stereocenters. The van der Waals surface area contributed by atoms with E-state index in [0.29, 0.717) is 28.7 Å². The summed E-state index contributed by atoms with van der Waals surface area (Å²) in [5.74, 6) is 0.956. The Balaban J connectivity index is 1.29. The number of ether oxygens (including phenoxy) is 3. The van der Waals surface area contributed by atoms with Crippen LogP contribution in [0.5, 0.6) is 5.75 Å². The maximum absolute atomic E-state index is 13.1. The van der Waals surface area contributed by atoms with E-state index in [0.717, 1.165) is 18.4 Å². The topological polar surface area (TPSA) is 61.8 Å². The van der Waals surface area contributed by atoms with Gasteiger partial charge in [-0.1, -0.05) is 42.0 Å². The lowest BCUT2D eigenvalue weighted by Gasteiger charge is -2.37. The Labute approximate surface area is 205 Å². The highest BCUT2D eigenvalue weighted by molar-refractivity contribution is 5.90. The van der Waals surface area contributed by atoms with Gasteiger partial charge in [0.2, 0.25) is 0 Å². The number of carbonyl (C=O) groups excluding carboxylic acids is 2. The molecule has 0 N–H and O–H groups in total. The minimum Gasteiger partial charge on any atom is -0.497 e. The van der Waals surface area contributed by atoms with Gasteiger partial charge in [-0.25, -0.2) is 9.59 Å². The summed E-state index contributed by atoms with van der Waals surface area (Å²) in [6, 6.07) is 22.9. The molecule has 5 heteroatoms. The van der Waals surface area contributed by atoms with Gasteiger partial charge in [0.1, 0.15) is 18.0 Å². The number of benzene rings is 3. The first-order chi connectivity index (χ1) is 17.0. The zero-order chi connectivity index (χ0) is 24.1. The highest BCUT2D eigenvalue weighted by atomic mass is 16.6. The van der Waals surface area contributed by atoms with E-state index in [4.69, 9.17) is 14.2 Å². The van der Waals surface area contributed by atoms with Gasteiger partial charge >= 0.3 is 11.9 Å². The average molecular weight is 469 g/mol. The first-order valence-electron chi connectivity index (χ1n) is 12.2. The number of carbonyl (C=O) groups is 2. The third kappa shape index (κ3) is 3.70. The molecule has 6 atom stereocenters. The van der Waals surface area contributed by atoms with Gasteiger partial charge in [-0.2, -0.15) is 0 Å². The molecule has 2 bridgehead atoms. The van der Waals surface area contributed by atoms with E-state index >= 15 is 0 Å². The fraction of sp³-hybridized carbons (Fsp3) is 0.333. The summed E-state index contributed by atoms with van der Waals surface area (Å²) >= 11 is 0. The maximum Gasteiger partial charge on any atom is 0.338 e. The zero-order valence-electron chi connectivity index (χ0n) is 19.8. The van der Waals surface area contributed by atoms with E-state index in [2.05, 4.69) is 24.3 Å². The van der Waals surface area contributed by atoms with Crippen molar-refractivity contribution in [2.75, 3.05) is 7.11 Å². The molecule has 0 saturated heterocycles. The van der Waals surface area contributed by atoms with Crippen LogP contribution in [0.3, 0.4) is 0 Å². The van der Waals surface area contributed by atoms with Crippen molar-refractivity contribution in [3.63, 3.8) is 0 Å². The van der Waals surface area contributed by atoms with Crippen LogP contribution in [0.25, 0.3) is 0 Å². The lowest BCUT2D eigenvalue weighted by Crippen LogP contribution is -2.45. The first kappa shape index (κ1) is 21.9. The Morgan fingerprint density at radius 3 is 2.00 bits per heavy atom. The number of hydrogen-bond acceptors (Lipinski definition) is 5. The summed E-state index contributed by atoms with van der Waals surface area (Å²) in [6.07, 6.45) is 0.954. The van der Waals surface area contributed by atoms with Crippen molar-refractivity contribution in [3.05, 3.63) is 101 Å². The Morgan fingerprint density at radius 2 is 1.34 bits per heavy atom. The molecule has 3 aliphatic carbocycles. The van der Waals surface area contributed by atoms with E-state index in [1.807, 2.05) is 19.1 Å². The smallest absolute Gasteiger partial charge is 0.338 e. The van der Waals surface area contributed by atoms with Gasteiger partial charge in [0.15, 0.2) is 0 Å². The zero-order valence-corrected chi connectivity index (χ0v) is 19.8. The molecule has 2 saturated carbocycles. The Kier molecular flexibility index (Phi) is 5.36. The molecule has 3 aromatic rings. The van der Waals surface area contributed by atoms with Crippen LogP contribution in [-0.2, 0) is 15.9 Å². The predicted octanol–water partition coefficient (Wildman–Crippen LogP) is 5.36. The Hall–Kier alpha value is -3.60. The largest absolute Gasteiger partial charge is 0.497 e. The second-order valence-electron chi connectivity index (χ2n) is 9.99. The van der Waals surface area contributed by atoms with Crippen LogP contribution >= 0.6 is 0 Å². The molecule has 0 aliphatic heterocycles. The van der Waals surface area contributed by atoms with Gasteiger partial charge in [-0.15, -0.1) is 0 Å². The van der Waals surface area contributed by atoms with Crippen LogP contribution in [0.15, 0.2) is 72.8 Å². The monoisotopic (exact) mass is 468 g/mol. The highest BCUT2D eigenvalue weighted by Gasteiger charge is 2.63. The lowest BCUT2D eigenvalue weighted by molar-refractivity contribution is -0.0698. The Morgan fingerprint density at radius 1 is 0.743 bits per heavy atom. The summed E-state index contributed by atoms with van der Waals surface area (Å²) in [5.41, 5.74) is 4.79. The second kappa shape index (κ2) is 8.56.